The monoisotopic (exact) mass is 381 g/mol. The van der Waals surface area contributed by atoms with Gasteiger partial charge in [-0.1, -0.05) is 6.92 Å². The number of likely N-dealkylation sites (tertiary alicyclic amines) is 2. The molecule has 2 aliphatic rings. The molecule has 0 aliphatic carbocycles. The van der Waals surface area contributed by atoms with Crippen LogP contribution in [-0.2, 0) is 4.74 Å². The summed E-state index contributed by atoms with van der Waals surface area (Å²) < 4.78 is 5.09. The van der Waals surface area contributed by atoms with Gasteiger partial charge in [-0.2, -0.15) is 0 Å². The maximum Gasteiger partial charge on any atom is 0.409 e. The molecule has 2 rings (SSSR count). The lowest BCUT2D eigenvalue weighted by Gasteiger charge is -2.43. The van der Waals surface area contributed by atoms with Crippen LogP contribution in [0.15, 0.2) is 4.99 Å². The summed E-state index contributed by atoms with van der Waals surface area (Å²) in [6, 6.07) is 0.333. The molecule has 0 bridgehead atoms. The number of carbonyl (C=O) groups is 1. The second kappa shape index (κ2) is 10.2. The molecule has 2 fully saturated rings. The third kappa shape index (κ3) is 6.55. The molecule has 1 amide bonds. The summed E-state index contributed by atoms with van der Waals surface area (Å²) in [7, 11) is 1.82. The van der Waals surface area contributed by atoms with E-state index in [9.17, 15) is 4.79 Å². The minimum Gasteiger partial charge on any atom is -0.450 e. The Kier molecular flexibility index (Phi) is 8.20. The summed E-state index contributed by atoms with van der Waals surface area (Å²) in [5.74, 6) is 1.63. The fourth-order valence-corrected chi connectivity index (χ4v) is 3.96. The van der Waals surface area contributed by atoms with Crippen molar-refractivity contribution in [2.45, 2.75) is 65.0 Å². The molecule has 0 saturated carbocycles. The first-order valence-corrected chi connectivity index (χ1v) is 10.5. The molecule has 2 saturated heterocycles. The highest BCUT2D eigenvalue weighted by atomic mass is 16.6. The Bertz CT molecular complexity index is 501. The molecule has 0 aromatic carbocycles. The molecule has 0 aromatic heterocycles. The first kappa shape index (κ1) is 21.8. The molecule has 1 atom stereocenters. The van der Waals surface area contributed by atoms with Crippen molar-refractivity contribution in [3.8, 4) is 0 Å². The molecule has 27 heavy (non-hydrogen) atoms. The van der Waals surface area contributed by atoms with Crippen molar-refractivity contribution in [3.05, 3.63) is 0 Å². The van der Waals surface area contributed by atoms with Crippen molar-refractivity contribution >= 4 is 12.1 Å². The molecular weight excluding hydrogens is 342 g/mol. The number of aliphatic imine (C=N–C) groups is 1. The smallest absolute Gasteiger partial charge is 0.409 e. The Labute approximate surface area is 164 Å². The zero-order valence-corrected chi connectivity index (χ0v) is 17.9. The number of rotatable bonds is 5. The Morgan fingerprint density at radius 2 is 1.93 bits per heavy atom. The lowest BCUT2D eigenvalue weighted by atomic mass is 9.93. The van der Waals surface area contributed by atoms with E-state index >= 15 is 0 Å². The number of guanidine groups is 1. The number of amides is 1. The summed E-state index contributed by atoms with van der Waals surface area (Å²) >= 11 is 0. The van der Waals surface area contributed by atoms with Crippen molar-refractivity contribution in [2.24, 2.45) is 10.9 Å². The van der Waals surface area contributed by atoms with E-state index in [1.54, 1.807) is 4.90 Å². The predicted molar refractivity (Wildman–Crippen MR) is 110 cm³/mol. The SMILES string of the molecule is CCOC(=O)N1CCC(NC(=NC)NCC(C)(C)N2CCCC(C)C2)CC1. The van der Waals surface area contributed by atoms with Gasteiger partial charge in [0.1, 0.15) is 0 Å². The Morgan fingerprint density at radius 3 is 2.52 bits per heavy atom. The molecule has 156 valence electrons. The van der Waals surface area contributed by atoms with E-state index in [2.05, 4.69) is 41.3 Å². The summed E-state index contributed by atoms with van der Waals surface area (Å²) in [6.45, 7) is 13.9. The minimum atomic E-state index is -0.198. The molecule has 2 aliphatic heterocycles. The van der Waals surface area contributed by atoms with Crippen LogP contribution in [0.25, 0.3) is 0 Å². The number of carbonyl (C=O) groups excluding carboxylic acids is 1. The van der Waals surface area contributed by atoms with E-state index in [1.165, 1.54) is 25.9 Å². The zero-order valence-electron chi connectivity index (χ0n) is 17.9. The standard InChI is InChI=1S/C20H39N5O2/c1-6-27-19(26)24-12-9-17(10-13-24)23-18(21-5)22-15-20(3,4)25-11-7-8-16(2)14-25/h16-17H,6-15H2,1-5H3,(H2,21,22,23). The Balaban J connectivity index is 1.77. The first-order chi connectivity index (χ1) is 12.9. The maximum atomic E-state index is 11.8. The third-order valence-corrected chi connectivity index (χ3v) is 5.79. The quantitative estimate of drug-likeness (QED) is 0.565. The third-order valence-electron chi connectivity index (χ3n) is 5.79. The fourth-order valence-electron chi connectivity index (χ4n) is 3.96. The molecular formula is C20H39N5O2. The molecule has 0 radical (unpaired) electrons. The second-order valence-corrected chi connectivity index (χ2v) is 8.54. The van der Waals surface area contributed by atoms with E-state index in [1.807, 2.05) is 14.0 Å². The van der Waals surface area contributed by atoms with Crippen molar-refractivity contribution < 1.29 is 9.53 Å². The Morgan fingerprint density at radius 1 is 1.22 bits per heavy atom. The second-order valence-electron chi connectivity index (χ2n) is 8.54. The van der Waals surface area contributed by atoms with E-state index in [0.717, 1.165) is 44.4 Å². The van der Waals surface area contributed by atoms with Crippen LogP contribution in [0.3, 0.4) is 0 Å². The van der Waals surface area contributed by atoms with Crippen LogP contribution < -0.4 is 10.6 Å². The van der Waals surface area contributed by atoms with Gasteiger partial charge >= 0.3 is 6.09 Å². The average Bonchev–Trinajstić information content (AvgIpc) is 2.66. The van der Waals surface area contributed by atoms with Crippen LogP contribution in [0.5, 0.6) is 0 Å². The van der Waals surface area contributed by atoms with Crippen molar-refractivity contribution in [2.75, 3.05) is 46.4 Å². The van der Waals surface area contributed by atoms with Crippen LogP contribution in [-0.4, -0.2) is 79.8 Å². The van der Waals surface area contributed by atoms with Gasteiger partial charge in [0.2, 0.25) is 0 Å². The number of ether oxygens (including phenoxy) is 1. The van der Waals surface area contributed by atoms with Crippen LogP contribution in [0.1, 0.15) is 53.4 Å². The number of hydrogen-bond donors (Lipinski definition) is 2. The van der Waals surface area contributed by atoms with E-state index in [-0.39, 0.29) is 11.6 Å². The van der Waals surface area contributed by atoms with Crippen molar-refractivity contribution in [1.29, 1.82) is 0 Å². The van der Waals surface area contributed by atoms with E-state index in [4.69, 9.17) is 4.74 Å². The zero-order chi connectivity index (χ0) is 19.9. The van der Waals surface area contributed by atoms with Crippen molar-refractivity contribution in [1.82, 2.24) is 20.4 Å². The summed E-state index contributed by atoms with van der Waals surface area (Å²) in [5, 5.41) is 7.04. The van der Waals surface area contributed by atoms with Gasteiger partial charge < -0.3 is 20.3 Å². The molecule has 7 heteroatoms. The highest BCUT2D eigenvalue weighted by Gasteiger charge is 2.30. The van der Waals surface area contributed by atoms with Gasteiger partial charge in [-0.25, -0.2) is 4.79 Å². The minimum absolute atomic E-state index is 0.0968. The maximum absolute atomic E-state index is 11.8. The van der Waals surface area contributed by atoms with E-state index < -0.39 is 0 Å². The number of piperidine rings is 2. The van der Waals surface area contributed by atoms with E-state index in [0.29, 0.717) is 12.6 Å². The molecule has 7 nitrogen and oxygen atoms in total. The Hall–Kier alpha value is -1.50. The largest absolute Gasteiger partial charge is 0.450 e. The topological polar surface area (TPSA) is 69.2 Å². The molecule has 0 aromatic rings. The molecule has 2 N–H and O–H groups in total. The van der Waals surface area contributed by atoms with Crippen LogP contribution in [0.2, 0.25) is 0 Å². The number of hydrogen-bond acceptors (Lipinski definition) is 4. The predicted octanol–water partition coefficient (Wildman–Crippen LogP) is 2.28. The molecule has 1 unspecified atom stereocenters. The summed E-state index contributed by atoms with van der Waals surface area (Å²) in [6.07, 6.45) is 4.25. The summed E-state index contributed by atoms with van der Waals surface area (Å²) in [5.41, 5.74) is 0.0968. The van der Waals surface area contributed by atoms with Gasteiger partial charge in [0.05, 0.1) is 6.61 Å². The first-order valence-electron chi connectivity index (χ1n) is 10.5. The number of nitrogens with one attached hydrogen (secondary N) is 2. The highest BCUT2D eigenvalue weighted by Crippen LogP contribution is 2.23. The van der Waals surface area contributed by atoms with Gasteiger partial charge in [0, 0.05) is 44.8 Å². The highest BCUT2D eigenvalue weighted by molar-refractivity contribution is 5.80. The van der Waals surface area contributed by atoms with Gasteiger partial charge in [-0.05, 0) is 58.9 Å². The molecule has 0 spiro atoms. The molecule has 2 heterocycles. The van der Waals surface area contributed by atoms with Gasteiger partial charge in [-0.3, -0.25) is 9.89 Å². The van der Waals surface area contributed by atoms with Crippen molar-refractivity contribution in [3.63, 3.8) is 0 Å². The van der Waals surface area contributed by atoms with Gasteiger partial charge in [-0.15, -0.1) is 0 Å². The lowest BCUT2D eigenvalue weighted by molar-refractivity contribution is 0.0738. The van der Waals surface area contributed by atoms with Crippen LogP contribution >= 0.6 is 0 Å². The lowest BCUT2D eigenvalue weighted by Crippen LogP contribution is -2.57. The van der Waals surface area contributed by atoms with Crippen LogP contribution in [0, 0.1) is 5.92 Å². The van der Waals surface area contributed by atoms with Crippen LogP contribution in [0.4, 0.5) is 4.79 Å². The van der Waals surface area contributed by atoms with Gasteiger partial charge in [0.15, 0.2) is 5.96 Å². The summed E-state index contributed by atoms with van der Waals surface area (Å²) in [4.78, 5) is 20.6. The normalized spacial score (nSPS) is 23.2. The fraction of sp³-hybridized carbons (Fsp3) is 0.900. The van der Waals surface area contributed by atoms with Gasteiger partial charge in [0.25, 0.3) is 0 Å². The average molecular weight is 382 g/mol. The number of nitrogens with zero attached hydrogens (tertiary/aromatic N) is 3.